The van der Waals surface area contributed by atoms with Crippen molar-refractivity contribution in [2.75, 3.05) is 13.2 Å². The largest absolute Gasteiger partial charge is 0.490 e. The predicted molar refractivity (Wildman–Crippen MR) is 72.2 cm³/mol. The van der Waals surface area contributed by atoms with E-state index < -0.39 is 0 Å². The fourth-order valence-electron chi connectivity index (χ4n) is 2.79. The lowest BCUT2D eigenvalue weighted by atomic mass is 9.90. The molecule has 1 N–H and O–H groups in total. The van der Waals surface area contributed by atoms with Crippen LogP contribution in [0.4, 0.5) is 0 Å². The second-order valence-corrected chi connectivity index (χ2v) is 5.15. The molecule has 0 unspecified atom stereocenters. The van der Waals surface area contributed by atoms with Crippen LogP contribution in [-0.4, -0.2) is 30.2 Å². The van der Waals surface area contributed by atoms with Gasteiger partial charge in [-0.2, -0.15) is 0 Å². The Labute approximate surface area is 113 Å². The summed E-state index contributed by atoms with van der Waals surface area (Å²) in [7, 11) is 0. The van der Waals surface area contributed by atoms with E-state index in [-0.39, 0.29) is 6.10 Å². The highest BCUT2D eigenvalue weighted by atomic mass is 16.5. The van der Waals surface area contributed by atoms with Crippen LogP contribution in [0.25, 0.3) is 0 Å². The quantitative estimate of drug-likeness (QED) is 0.658. The van der Waals surface area contributed by atoms with E-state index in [1.807, 2.05) is 12.1 Å². The zero-order valence-electron chi connectivity index (χ0n) is 11.0. The number of aryl methyl sites for hydroxylation is 1. The second-order valence-electron chi connectivity index (χ2n) is 5.15. The molecule has 4 heteroatoms. The molecule has 0 saturated carbocycles. The Morgan fingerprint density at radius 2 is 2.05 bits per heavy atom. The highest BCUT2D eigenvalue weighted by Crippen LogP contribution is 2.27. The van der Waals surface area contributed by atoms with Gasteiger partial charge in [0, 0.05) is 18.4 Å². The molecule has 1 aliphatic heterocycles. The molecule has 4 nitrogen and oxygen atoms in total. The minimum absolute atomic E-state index is 0.241. The van der Waals surface area contributed by atoms with Crippen LogP contribution in [-0.2, 0) is 11.2 Å². The van der Waals surface area contributed by atoms with Crippen molar-refractivity contribution < 1.29 is 14.7 Å². The molecular weight excluding hydrogens is 242 g/mol. The van der Waals surface area contributed by atoms with Gasteiger partial charge in [-0.1, -0.05) is 11.2 Å². The van der Waals surface area contributed by atoms with Crippen LogP contribution in [0.3, 0.4) is 0 Å². The van der Waals surface area contributed by atoms with Gasteiger partial charge in [0.15, 0.2) is 0 Å². The number of ether oxygens (including phenoxy) is 2. The zero-order chi connectivity index (χ0) is 13.1. The summed E-state index contributed by atoms with van der Waals surface area (Å²) in [5.41, 5.74) is 3.07. The predicted octanol–water partition coefficient (Wildman–Crippen LogP) is 2.76. The molecule has 0 aromatic heterocycles. The molecule has 19 heavy (non-hydrogen) atoms. The molecule has 1 saturated heterocycles. The number of fused-ring (bicyclic) bond motifs is 1. The van der Waals surface area contributed by atoms with Gasteiger partial charge in [-0.3, -0.25) is 0 Å². The van der Waals surface area contributed by atoms with Crippen LogP contribution >= 0.6 is 0 Å². The Morgan fingerprint density at radius 3 is 2.84 bits per heavy atom. The summed E-state index contributed by atoms with van der Waals surface area (Å²) >= 11 is 0. The van der Waals surface area contributed by atoms with Crippen molar-refractivity contribution in [3.63, 3.8) is 0 Å². The summed E-state index contributed by atoms with van der Waals surface area (Å²) < 4.78 is 11.3. The Kier molecular flexibility index (Phi) is 3.69. The third-order valence-corrected chi connectivity index (χ3v) is 3.84. The highest BCUT2D eigenvalue weighted by Gasteiger charge is 2.19. The average molecular weight is 261 g/mol. The first-order valence-corrected chi connectivity index (χ1v) is 6.95. The number of hydrogen-bond donors (Lipinski definition) is 1. The minimum atomic E-state index is 0.241. The number of nitrogens with zero attached hydrogens (tertiary/aromatic N) is 1. The SMILES string of the molecule is O/N=C1/CCCc2ccc(OC3CCOCC3)cc21. The Morgan fingerprint density at radius 1 is 1.21 bits per heavy atom. The van der Waals surface area contributed by atoms with Gasteiger partial charge in [0.1, 0.15) is 11.9 Å². The van der Waals surface area contributed by atoms with Crippen LogP contribution in [0.1, 0.15) is 36.8 Å². The van der Waals surface area contributed by atoms with Gasteiger partial charge in [0.05, 0.1) is 18.9 Å². The smallest absolute Gasteiger partial charge is 0.120 e. The first-order valence-electron chi connectivity index (χ1n) is 6.95. The molecule has 1 aromatic carbocycles. The molecule has 1 heterocycles. The molecule has 1 aliphatic carbocycles. The maximum absolute atomic E-state index is 9.08. The molecule has 1 fully saturated rings. The van der Waals surface area contributed by atoms with Crippen molar-refractivity contribution in [2.24, 2.45) is 5.16 Å². The summed E-state index contributed by atoms with van der Waals surface area (Å²) in [6.07, 6.45) is 5.06. The number of oxime groups is 1. The maximum atomic E-state index is 9.08. The van der Waals surface area contributed by atoms with Gasteiger partial charge in [0.2, 0.25) is 0 Å². The summed E-state index contributed by atoms with van der Waals surface area (Å²) in [5.74, 6) is 0.869. The van der Waals surface area contributed by atoms with Gasteiger partial charge >= 0.3 is 0 Å². The van der Waals surface area contributed by atoms with Crippen LogP contribution < -0.4 is 4.74 Å². The normalized spacial score (nSPS) is 22.2. The number of rotatable bonds is 2. The van der Waals surface area contributed by atoms with Crippen molar-refractivity contribution in [3.8, 4) is 5.75 Å². The summed E-state index contributed by atoms with van der Waals surface area (Å²) in [6.45, 7) is 1.55. The molecule has 0 atom stereocenters. The molecule has 0 radical (unpaired) electrons. The van der Waals surface area contributed by atoms with E-state index in [9.17, 15) is 0 Å². The van der Waals surface area contributed by atoms with Gasteiger partial charge in [0.25, 0.3) is 0 Å². The Balaban J connectivity index is 1.79. The standard InChI is InChI=1S/C15H19NO3/c17-16-15-3-1-2-11-4-5-13(10-14(11)15)19-12-6-8-18-9-7-12/h4-5,10,12,17H,1-3,6-9H2/b16-15-. The summed E-state index contributed by atoms with van der Waals surface area (Å²) in [5, 5.41) is 12.5. The summed E-state index contributed by atoms with van der Waals surface area (Å²) in [6, 6.07) is 6.13. The van der Waals surface area contributed by atoms with Gasteiger partial charge < -0.3 is 14.7 Å². The van der Waals surface area contributed by atoms with E-state index in [2.05, 4.69) is 11.2 Å². The topological polar surface area (TPSA) is 51.1 Å². The lowest BCUT2D eigenvalue weighted by Gasteiger charge is -2.24. The first-order chi connectivity index (χ1) is 9.36. The average Bonchev–Trinajstić information content (AvgIpc) is 2.47. The molecule has 0 spiro atoms. The third-order valence-electron chi connectivity index (χ3n) is 3.84. The van der Waals surface area contributed by atoms with Crippen molar-refractivity contribution in [3.05, 3.63) is 29.3 Å². The van der Waals surface area contributed by atoms with E-state index in [1.54, 1.807) is 0 Å². The van der Waals surface area contributed by atoms with Gasteiger partial charge in [-0.05, 0) is 37.0 Å². The molecule has 0 amide bonds. The lowest BCUT2D eigenvalue weighted by Crippen LogP contribution is -2.26. The second kappa shape index (κ2) is 5.61. The Hall–Kier alpha value is -1.55. The molecule has 3 rings (SSSR count). The Bertz CT molecular complexity index is 478. The van der Waals surface area contributed by atoms with Gasteiger partial charge in [-0.25, -0.2) is 0 Å². The maximum Gasteiger partial charge on any atom is 0.120 e. The summed E-state index contributed by atoms with van der Waals surface area (Å²) in [4.78, 5) is 0. The third kappa shape index (κ3) is 2.73. The van der Waals surface area contributed by atoms with Crippen LogP contribution in [0.5, 0.6) is 5.75 Å². The van der Waals surface area contributed by atoms with Crippen LogP contribution in [0.15, 0.2) is 23.4 Å². The molecule has 102 valence electrons. The lowest BCUT2D eigenvalue weighted by molar-refractivity contribution is 0.0255. The van der Waals surface area contributed by atoms with E-state index in [0.29, 0.717) is 0 Å². The van der Waals surface area contributed by atoms with E-state index >= 15 is 0 Å². The molecule has 2 aliphatic rings. The van der Waals surface area contributed by atoms with Crippen molar-refractivity contribution in [1.82, 2.24) is 0 Å². The van der Waals surface area contributed by atoms with Crippen molar-refractivity contribution in [2.45, 2.75) is 38.2 Å². The first kappa shape index (κ1) is 12.5. The molecule has 0 bridgehead atoms. The van der Waals surface area contributed by atoms with Crippen molar-refractivity contribution in [1.29, 1.82) is 0 Å². The highest BCUT2D eigenvalue weighted by molar-refractivity contribution is 6.02. The van der Waals surface area contributed by atoms with Crippen LogP contribution in [0, 0.1) is 0 Å². The van der Waals surface area contributed by atoms with E-state index in [1.165, 1.54) is 5.56 Å². The van der Waals surface area contributed by atoms with Crippen LogP contribution in [0.2, 0.25) is 0 Å². The molecule has 1 aromatic rings. The molecular formula is C15H19NO3. The minimum Gasteiger partial charge on any atom is -0.490 e. The monoisotopic (exact) mass is 261 g/mol. The van der Waals surface area contributed by atoms with E-state index in [4.69, 9.17) is 14.7 Å². The number of benzene rings is 1. The number of hydrogen-bond acceptors (Lipinski definition) is 4. The van der Waals surface area contributed by atoms with Gasteiger partial charge in [-0.15, -0.1) is 0 Å². The fraction of sp³-hybridized carbons (Fsp3) is 0.533. The zero-order valence-corrected chi connectivity index (χ0v) is 11.0. The fourth-order valence-corrected chi connectivity index (χ4v) is 2.79. The van der Waals surface area contributed by atoms with Crippen molar-refractivity contribution >= 4 is 5.71 Å². The van der Waals surface area contributed by atoms with E-state index in [0.717, 1.165) is 62.3 Å².